The van der Waals surface area contributed by atoms with Crippen LogP contribution in [-0.4, -0.2) is 23.8 Å². The van der Waals surface area contributed by atoms with E-state index >= 15 is 0 Å². The molecule has 0 aliphatic carbocycles. The molecule has 0 saturated carbocycles. The fourth-order valence-corrected chi connectivity index (χ4v) is 2.98. The number of benzene rings is 2. The van der Waals surface area contributed by atoms with Gasteiger partial charge in [-0.3, -0.25) is 4.79 Å². The quantitative estimate of drug-likeness (QED) is 0.758. The Morgan fingerprint density at radius 2 is 1.35 bits per heavy atom. The monoisotopic (exact) mass is 327 g/mol. The molecule has 1 saturated heterocycles. The van der Waals surface area contributed by atoms with Crippen molar-refractivity contribution in [2.45, 2.75) is 18.8 Å². The first-order valence-electron chi connectivity index (χ1n) is 7.90. The topological polar surface area (TPSA) is 20.3 Å². The largest absolute Gasteiger partial charge is 0.377 e. The van der Waals surface area contributed by atoms with Gasteiger partial charge in [0.25, 0.3) is 0 Å². The molecule has 0 spiro atoms. The van der Waals surface area contributed by atoms with Gasteiger partial charge in [-0.25, -0.2) is 0 Å². The summed E-state index contributed by atoms with van der Waals surface area (Å²) in [4.78, 5) is 15.0. The molecule has 0 amide bonds. The minimum atomic E-state index is -0.221. The Hall–Kier alpha value is -2.06. The Labute approximate surface area is 144 Å². The summed E-state index contributed by atoms with van der Waals surface area (Å²) in [5, 5.41) is 0. The molecule has 1 fully saturated rings. The van der Waals surface area contributed by atoms with E-state index in [1.54, 1.807) is 6.08 Å². The van der Waals surface area contributed by atoms with Gasteiger partial charge in [0.05, 0.1) is 5.92 Å². The van der Waals surface area contributed by atoms with Gasteiger partial charge < -0.3 is 4.90 Å². The smallest absolute Gasteiger partial charge is 0.168 e. The third kappa shape index (κ3) is 4.46. The minimum Gasteiger partial charge on any atom is -0.377 e. The molecule has 0 radical (unpaired) electrons. The molecule has 0 unspecified atom stereocenters. The van der Waals surface area contributed by atoms with Crippen LogP contribution in [0.25, 0.3) is 0 Å². The van der Waals surface area contributed by atoms with Crippen molar-refractivity contribution >= 4 is 18.2 Å². The molecule has 3 rings (SSSR count). The summed E-state index contributed by atoms with van der Waals surface area (Å²) in [7, 11) is 0. The van der Waals surface area contributed by atoms with Crippen LogP contribution < -0.4 is 0 Å². The Balaban J connectivity index is 0.00000192. The highest BCUT2D eigenvalue weighted by Crippen LogP contribution is 2.26. The number of hydrogen-bond acceptors (Lipinski definition) is 2. The van der Waals surface area contributed by atoms with Crippen molar-refractivity contribution in [1.29, 1.82) is 0 Å². The lowest BCUT2D eigenvalue weighted by molar-refractivity contribution is -0.115. The van der Waals surface area contributed by atoms with Crippen LogP contribution in [0.15, 0.2) is 72.9 Å². The molecule has 2 aromatic rings. The predicted octanol–water partition coefficient (Wildman–Crippen LogP) is 4.42. The van der Waals surface area contributed by atoms with E-state index in [1.165, 1.54) is 12.8 Å². The summed E-state index contributed by atoms with van der Waals surface area (Å²) in [5.74, 6) is -0.0782. The number of allylic oxidation sites excluding steroid dienone is 1. The van der Waals surface area contributed by atoms with Gasteiger partial charge in [0.15, 0.2) is 5.78 Å². The van der Waals surface area contributed by atoms with Crippen LogP contribution in [0.5, 0.6) is 0 Å². The highest BCUT2D eigenvalue weighted by molar-refractivity contribution is 5.97. The van der Waals surface area contributed by atoms with Crippen LogP contribution in [-0.2, 0) is 4.79 Å². The highest BCUT2D eigenvalue weighted by atomic mass is 35.5. The summed E-state index contributed by atoms with van der Waals surface area (Å²) in [6.07, 6.45) is 6.16. The average Bonchev–Trinajstić information content (AvgIpc) is 3.09. The number of carbonyl (C=O) groups excluding carboxylic acids is 1. The van der Waals surface area contributed by atoms with Crippen molar-refractivity contribution in [1.82, 2.24) is 4.90 Å². The standard InChI is InChI=1S/C20H21NO.ClH/c22-19(13-16-21-14-7-8-15-21)20(17-9-3-1-4-10-17)18-11-5-2-6-12-18;/h1-6,9-13,16,20H,7-8,14-15H2;1H. The maximum atomic E-state index is 12.8. The van der Waals surface area contributed by atoms with E-state index in [-0.39, 0.29) is 24.1 Å². The van der Waals surface area contributed by atoms with E-state index < -0.39 is 0 Å². The maximum absolute atomic E-state index is 12.8. The maximum Gasteiger partial charge on any atom is 0.168 e. The molecule has 120 valence electrons. The molecule has 23 heavy (non-hydrogen) atoms. The minimum absolute atomic E-state index is 0. The highest BCUT2D eigenvalue weighted by Gasteiger charge is 2.20. The summed E-state index contributed by atoms with van der Waals surface area (Å²) in [6, 6.07) is 20.0. The SMILES string of the molecule is Cl.O=C(C=CN1CCCC1)C(c1ccccc1)c1ccccc1. The molecule has 0 bridgehead atoms. The van der Waals surface area contributed by atoms with Crippen molar-refractivity contribution in [2.24, 2.45) is 0 Å². The zero-order valence-corrected chi connectivity index (χ0v) is 13.9. The third-order valence-corrected chi connectivity index (χ3v) is 4.14. The van der Waals surface area contributed by atoms with Gasteiger partial charge in [-0.05, 0) is 30.0 Å². The van der Waals surface area contributed by atoms with Crippen LogP contribution >= 0.6 is 12.4 Å². The van der Waals surface area contributed by atoms with Gasteiger partial charge in [-0.1, -0.05) is 60.7 Å². The van der Waals surface area contributed by atoms with Gasteiger partial charge in [0.1, 0.15) is 0 Å². The molecular weight excluding hydrogens is 306 g/mol. The molecule has 0 aromatic heterocycles. The Bertz CT molecular complexity index is 594. The predicted molar refractivity (Wildman–Crippen MR) is 96.9 cm³/mol. The third-order valence-electron chi connectivity index (χ3n) is 4.14. The fraction of sp³-hybridized carbons (Fsp3) is 0.250. The summed E-state index contributed by atoms with van der Waals surface area (Å²) in [5.41, 5.74) is 2.09. The van der Waals surface area contributed by atoms with E-state index in [0.29, 0.717) is 0 Å². The molecule has 3 heteroatoms. The molecule has 1 aliphatic heterocycles. The summed E-state index contributed by atoms with van der Waals surface area (Å²) in [6.45, 7) is 2.12. The van der Waals surface area contributed by atoms with E-state index in [4.69, 9.17) is 0 Å². The van der Waals surface area contributed by atoms with Gasteiger partial charge >= 0.3 is 0 Å². The Morgan fingerprint density at radius 1 is 0.870 bits per heavy atom. The lowest BCUT2D eigenvalue weighted by Crippen LogP contribution is -2.15. The van der Waals surface area contributed by atoms with Crippen molar-refractivity contribution in [2.75, 3.05) is 13.1 Å². The van der Waals surface area contributed by atoms with Crippen LogP contribution in [0.3, 0.4) is 0 Å². The number of ketones is 1. The van der Waals surface area contributed by atoms with E-state index in [1.807, 2.05) is 66.9 Å². The zero-order valence-electron chi connectivity index (χ0n) is 13.1. The van der Waals surface area contributed by atoms with Crippen LogP contribution in [0.4, 0.5) is 0 Å². The molecule has 1 heterocycles. The van der Waals surface area contributed by atoms with Gasteiger partial charge in [0, 0.05) is 19.3 Å². The lowest BCUT2D eigenvalue weighted by atomic mass is 9.87. The van der Waals surface area contributed by atoms with Crippen LogP contribution in [0, 0.1) is 0 Å². The van der Waals surface area contributed by atoms with Gasteiger partial charge in [-0.15, -0.1) is 12.4 Å². The summed E-state index contributed by atoms with van der Waals surface area (Å²) < 4.78 is 0. The number of nitrogens with zero attached hydrogens (tertiary/aromatic N) is 1. The summed E-state index contributed by atoms with van der Waals surface area (Å²) >= 11 is 0. The zero-order chi connectivity index (χ0) is 15.2. The number of carbonyl (C=O) groups is 1. The Morgan fingerprint density at radius 3 is 1.83 bits per heavy atom. The molecule has 2 nitrogen and oxygen atoms in total. The van der Waals surface area contributed by atoms with Crippen molar-refractivity contribution < 1.29 is 4.79 Å². The van der Waals surface area contributed by atoms with Gasteiger partial charge in [-0.2, -0.15) is 0 Å². The second kappa shape index (κ2) is 8.54. The van der Waals surface area contributed by atoms with Crippen molar-refractivity contribution in [3.05, 3.63) is 84.1 Å². The number of halogens is 1. The average molecular weight is 328 g/mol. The molecular formula is C20H22ClNO. The molecule has 0 atom stereocenters. The van der Waals surface area contributed by atoms with Crippen molar-refractivity contribution in [3.8, 4) is 0 Å². The number of rotatable bonds is 5. The first-order chi connectivity index (χ1) is 10.8. The fourth-order valence-electron chi connectivity index (χ4n) is 2.98. The molecule has 0 N–H and O–H groups in total. The van der Waals surface area contributed by atoms with Crippen LogP contribution in [0.1, 0.15) is 29.9 Å². The first-order valence-corrected chi connectivity index (χ1v) is 7.90. The lowest BCUT2D eigenvalue weighted by Gasteiger charge is -2.16. The van der Waals surface area contributed by atoms with Crippen LogP contribution in [0.2, 0.25) is 0 Å². The van der Waals surface area contributed by atoms with E-state index in [9.17, 15) is 4.79 Å². The van der Waals surface area contributed by atoms with Crippen molar-refractivity contribution in [3.63, 3.8) is 0 Å². The molecule has 2 aromatic carbocycles. The Kier molecular flexibility index (Phi) is 6.42. The number of likely N-dealkylation sites (tertiary alicyclic amines) is 1. The first kappa shape index (κ1) is 17.3. The second-order valence-electron chi connectivity index (χ2n) is 5.72. The normalized spacial score (nSPS) is 14.2. The molecule has 1 aliphatic rings. The number of hydrogen-bond donors (Lipinski definition) is 0. The van der Waals surface area contributed by atoms with E-state index in [2.05, 4.69) is 4.90 Å². The van der Waals surface area contributed by atoms with E-state index in [0.717, 1.165) is 24.2 Å². The second-order valence-corrected chi connectivity index (χ2v) is 5.72. The van der Waals surface area contributed by atoms with Gasteiger partial charge in [0.2, 0.25) is 0 Å².